The fourth-order valence-electron chi connectivity index (χ4n) is 2.68. The molecule has 0 aliphatic rings. The van der Waals surface area contributed by atoms with E-state index in [1.165, 1.54) is 0 Å². The Morgan fingerprint density at radius 1 is 1.23 bits per heavy atom. The van der Waals surface area contributed by atoms with Crippen LogP contribution in [0.4, 0.5) is 0 Å². The molecule has 0 radical (unpaired) electrons. The number of nitrogens with zero attached hydrogens (tertiary/aromatic N) is 4. The first kappa shape index (κ1) is 15.9. The standard InChI is InChI=1S/C18H16N6O2/c1-3-19-18(25)15-8-12-7-14(21-9-16(12)23-15)13-6-11(4-5-20-13)17-22-10(2)26-24-17/h4-9,23H,3H2,1-2H3,(H,19,25). The number of fused-ring (bicyclic) bond motifs is 1. The van der Waals surface area contributed by atoms with E-state index in [0.717, 1.165) is 16.5 Å². The quantitative estimate of drug-likeness (QED) is 0.587. The van der Waals surface area contributed by atoms with Crippen molar-refractivity contribution in [3.05, 3.63) is 48.2 Å². The van der Waals surface area contributed by atoms with Crippen LogP contribution in [0.3, 0.4) is 0 Å². The maximum absolute atomic E-state index is 12.0. The molecule has 0 spiro atoms. The van der Waals surface area contributed by atoms with E-state index >= 15 is 0 Å². The zero-order valence-corrected chi connectivity index (χ0v) is 14.3. The summed E-state index contributed by atoms with van der Waals surface area (Å²) in [5, 5.41) is 7.59. The lowest BCUT2D eigenvalue weighted by Gasteiger charge is -2.02. The van der Waals surface area contributed by atoms with Crippen LogP contribution in [0.15, 0.2) is 41.2 Å². The van der Waals surface area contributed by atoms with E-state index in [2.05, 4.69) is 30.4 Å². The van der Waals surface area contributed by atoms with Crippen LogP contribution in [-0.4, -0.2) is 37.5 Å². The minimum absolute atomic E-state index is 0.141. The van der Waals surface area contributed by atoms with Crippen molar-refractivity contribution >= 4 is 16.8 Å². The van der Waals surface area contributed by atoms with Gasteiger partial charge in [-0.1, -0.05) is 5.16 Å². The smallest absolute Gasteiger partial charge is 0.267 e. The molecule has 4 rings (SSSR count). The van der Waals surface area contributed by atoms with Crippen molar-refractivity contribution in [3.8, 4) is 22.8 Å². The van der Waals surface area contributed by atoms with Gasteiger partial charge in [-0.3, -0.25) is 14.8 Å². The van der Waals surface area contributed by atoms with Crippen LogP contribution in [-0.2, 0) is 0 Å². The molecule has 26 heavy (non-hydrogen) atoms. The highest BCUT2D eigenvalue weighted by molar-refractivity contribution is 5.98. The molecule has 0 aromatic carbocycles. The zero-order valence-electron chi connectivity index (χ0n) is 14.3. The highest BCUT2D eigenvalue weighted by Crippen LogP contribution is 2.24. The zero-order chi connectivity index (χ0) is 18.1. The van der Waals surface area contributed by atoms with Crippen LogP contribution >= 0.6 is 0 Å². The molecule has 2 N–H and O–H groups in total. The van der Waals surface area contributed by atoms with E-state index in [0.29, 0.717) is 35.3 Å². The molecule has 1 amide bonds. The highest BCUT2D eigenvalue weighted by Gasteiger charge is 2.12. The third-order valence-electron chi connectivity index (χ3n) is 3.90. The van der Waals surface area contributed by atoms with Crippen LogP contribution in [0, 0.1) is 6.92 Å². The largest absolute Gasteiger partial charge is 0.351 e. The average molecular weight is 348 g/mol. The van der Waals surface area contributed by atoms with Crippen LogP contribution < -0.4 is 5.32 Å². The van der Waals surface area contributed by atoms with Gasteiger partial charge in [-0.2, -0.15) is 4.98 Å². The van der Waals surface area contributed by atoms with Crippen molar-refractivity contribution in [1.29, 1.82) is 0 Å². The molecule has 0 bridgehead atoms. The van der Waals surface area contributed by atoms with E-state index in [-0.39, 0.29) is 5.91 Å². The van der Waals surface area contributed by atoms with Crippen molar-refractivity contribution in [2.75, 3.05) is 6.54 Å². The highest BCUT2D eigenvalue weighted by atomic mass is 16.5. The van der Waals surface area contributed by atoms with E-state index in [1.807, 2.05) is 25.1 Å². The van der Waals surface area contributed by atoms with Crippen LogP contribution in [0.5, 0.6) is 0 Å². The normalized spacial score (nSPS) is 11.0. The molecule has 130 valence electrons. The number of H-pyrrole nitrogens is 1. The number of aryl methyl sites for hydroxylation is 1. The van der Waals surface area contributed by atoms with Crippen molar-refractivity contribution in [2.45, 2.75) is 13.8 Å². The van der Waals surface area contributed by atoms with Gasteiger partial charge in [-0.05, 0) is 31.2 Å². The minimum Gasteiger partial charge on any atom is -0.351 e. The Morgan fingerprint density at radius 2 is 2.08 bits per heavy atom. The summed E-state index contributed by atoms with van der Waals surface area (Å²) in [6.07, 6.45) is 3.37. The number of hydrogen-bond acceptors (Lipinski definition) is 6. The summed E-state index contributed by atoms with van der Waals surface area (Å²) in [7, 11) is 0. The molecule has 0 saturated carbocycles. The molecule has 0 fully saturated rings. The van der Waals surface area contributed by atoms with Crippen LogP contribution in [0.2, 0.25) is 0 Å². The molecular formula is C18H16N6O2. The summed E-state index contributed by atoms with van der Waals surface area (Å²) in [6.45, 7) is 4.19. The monoisotopic (exact) mass is 348 g/mol. The predicted molar refractivity (Wildman–Crippen MR) is 95.4 cm³/mol. The second kappa shape index (κ2) is 6.40. The van der Waals surface area contributed by atoms with Gasteiger partial charge in [0, 0.05) is 30.6 Å². The number of pyridine rings is 2. The van der Waals surface area contributed by atoms with Gasteiger partial charge < -0.3 is 14.8 Å². The molecule has 0 unspecified atom stereocenters. The maximum Gasteiger partial charge on any atom is 0.267 e. The average Bonchev–Trinajstić information content (AvgIpc) is 3.27. The SMILES string of the molecule is CCNC(=O)c1cc2cc(-c3cc(-c4noc(C)n4)ccn3)ncc2[nH]1. The molecular weight excluding hydrogens is 332 g/mol. The van der Waals surface area contributed by atoms with Gasteiger partial charge in [0.1, 0.15) is 5.69 Å². The summed E-state index contributed by atoms with van der Waals surface area (Å²) >= 11 is 0. The molecule has 4 aromatic heterocycles. The lowest BCUT2D eigenvalue weighted by atomic mass is 10.1. The Morgan fingerprint density at radius 3 is 2.85 bits per heavy atom. The molecule has 4 heterocycles. The predicted octanol–water partition coefficient (Wildman–Crippen LogP) is 2.73. The fourth-order valence-corrected chi connectivity index (χ4v) is 2.68. The molecule has 0 atom stereocenters. The van der Waals surface area contributed by atoms with Crippen LogP contribution in [0.25, 0.3) is 33.7 Å². The number of carbonyl (C=O) groups excluding carboxylic acids is 1. The summed E-state index contributed by atoms with van der Waals surface area (Å²) in [5.74, 6) is 0.869. The van der Waals surface area contributed by atoms with E-state index < -0.39 is 0 Å². The van der Waals surface area contributed by atoms with Gasteiger partial charge >= 0.3 is 0 Å². The third-order valence-corrected chi connectivity index (χ3v) is 3.90. The summed E-state index contributed by atoms with van der Waals surface area (Å²) in [6, 6.07) is 7.37. The second-order valence-electron chi connectivity index (χ2n) is 5.77. The summed E-state index contributed by atoms with van der Waals surface area (Å²) in [4.78, 5) is 28.1. The summed E-state index contributed by atoms with van der Waals surface area (Å²) in [5.41, 5.74) is 3.48. The first-order chi connectivity index (χ1) is 12.6. The molecule has 8 nitrogen and oxygen atoms in total. The van der Waals surface area contributed by atoms with Gasteiger partial charge in [-0.15, -0.1) is 0 Å². The molecule has 4 aromatic rings. The topological polar surface area (TPSA) is 110 Å². The van der Waals surface area contributed by atoms with Gasteiger partial charge in [0.25, 0.3) is 5.91 Å². The van der Waals surface area contributed by atoms with Crippen molar-refractivity contribution < 1.29 is 9.32 Å². The first-order valence-corrected chi connectivity index (χ1v) is 8.18. The van der Waals surface area contributed by atoms with E-state index in [4.69, 9.17) is 4.52 Å². The van der Waals surface area contributed by atoms with Gasteiger partial charge in [0.05, 0.1) is 23.1 Å². The van der Waals surface area contributed by atoms with Gasteiger partial charge in [-0.25, -0.2) is 0 Å². The lowest BCUT2D eigenvalue weighted by molar-refractivity contribution is 0.0951. The Labute approximate surface area is 148 Å². The number of aromatic nitrogens is 5. The van der Waals surface area contributed by atoms with Crippen molar-refractivity contribution in [2.24, 2.45) is 0 Å². The fraction of sp³-hybridized carbons (Fsp3) is 0.167. The number of carbonyl (C=O) groups is 1. The Balaban J connectivity index is 1.71. The lowest BCUT2D eigenvalue weighted by Crippen LogP contribution is -2.22. The van der Waals surface area contributed by atoms with Crippen molar-refractivity contribution in [3.63, 3.8) is 0 Å². The Bertz CT molecular complexity index is 1100. The number of aromatic amines is 1. The summed E-state index contributed by atoms with van der Waals surface area (Å²) < 4.78 is 5.03. The maximum atomic E-state index is 12.0. The van der Waals surface area contributed by atoms with E-state index in [9.17, 15) is 4.79 Å². The molecule has 0 aliphatic heterocycles. The Hall–Kier alpha value is -3.55. The van der Waals surface area contributed by atoms with Crippen LogP contribution in [0.1, 0.15) is 23.3 Å². The third kappa shape index (κ3) is 2.92. The van der Waals surface area contributed by atoms with E-state index in [1.54, 1.807) is 25.4 Å². The van der Waals surface area contributed by atoms with Crippen molar-refractivity contribution in [1.82, 2.24) is 30.4 Å². The number of rotatable bonds is 4. The number of nitrogens with one attached hydrogen (secondary N) is 2. The first-order valence-electron chi connectivity index (χ1n) is 8.18. The number of amides is 1. The Kier molecular flexibility index (Phi) is 3.92. The molecule has 0 saturated heterocycles. The van der Waals surface area contributed by atoms with Gasteiger partial charge in [0.2, 0.25) is 11.7 Å². The second-order valence-corrected chi connectivity index (χ2v) is 5.77. The minimum atomic E-state index is -0.141. The molecule has 0 aliphatic carbocycles. The molecule has 8 heteroatoms. The number of hydrogen-bond donors (Lipinski definition) is 2. The van der Waals surface area contributed by atoms with Gasteiger partial charge in [0.15, 0.2) is 0 Å².